The molecule has 1 aromatic carbocycles. The van der Waals surface area contributed by atoms with Gasteiger partial charge in [-0.05, 0) is 93.9 Å². The van der Waals surface area contributed by atoms with Crippen LogP contribution in [0.1, 0.15) is 57.9 Å². The average molecular weight is 338 g/mol. The van der Waals surface area contributed by atoms with Gasteiger partial charge in [0.15, 0.2) is 0 Å². The van der Waals surface area contributed by atoms with Crippen LogP contribution >= 0.6 is 0 Å². The van der Waals surface area contributed by atoms with E-state index in [4.69, 9.17) is 0 Å². The Balaban J connectivity index is 1.41. The highest BCUT2D eigenvalue weighted by molar-refractivity contribution is 6.06. The Kier molecular flexibility index (Phi) is 3.00. The zero-order chi connectivity index (χ0) is 17.4. The second kappa shape index (κ2) is 4.87. The van der Waals surface area contributed by atoms with E-state index < -0.39 is 5.41 Å². The number of hydrogen-bond acceptors (Lipinski definition) is 2. The first-order valence-corrected chi connectivity index (χ1v) is 9.63. The van der Waals surface area contributed by atoms with Gasteiger partial charge in [-0.2, -0.15) is 0 Å². The smallest absolute Gasteiger partial charge is 0.234 e. The van der Waals surface area contributed by atoms with E-state index in [1.54, 1.807) is 0 Å². The van der Waals surface area contributed by atoms with Gasteiger partial charge in [-0.3, -0.25) is 9.59 Å². The maximum absolute atomic E-state index is 13.2. The molecule has 1 aliphatic heterocycles. The fourth-order valence-corrected chi connectivity index (χ4v) is 6.30. The summed E-state index contributed by atoms with van der Waals surface area (Å²) in [7, 11) is 0. The van der Waals surface area contributed by atoms with Crippen molar-refractivity contribution in [3.05, 3.63) is 23.8 Å². The highest BCUT2D eigenvalue weighted by atomic mass is 16.2. The summed E-state index contributed by atoms with van der Waals surface area (Å²) in [6.45, 7) is 3.86. The number of carbonyl (C=O) groups is 2. The maximum Gasteiger partial charge on any atom is 0.234 e. The van der Waals surface area contributed by atoms with E-state index in [2.05, 4.69) is 10.6 Å². The van der Waals surface area contributed by atoms with Gasteiger partial charge in [0, 0.05) is 11.4 Å². The van der Waals surface area contributed by atoms with Crippen molar-refractivity contribution in [2.75, 3.05) is 10.6 Å². The molecule has 2 amide bonds. The summed E-state index contributed by atoms with van der Waals surface area (Å²) in [6.07, 6.45) is 7.23. The van der Waals surface area contributed by atoms with E-state index in [1.165, 1.54) is 19.3 Å². The lowest BCUT2D eigenvalue weighted by molar-refractivity contribution is -0.140. The summed E-state index contributed by atoms with van der Waals surface area (Å²) in [5.74, 6) is 2.52. The molecule has 4 nitrogen and oxygen atoms in total. The summed E-state index contributed by atoms with van der Waals surface area (Å²) in [5, 5.41) is 6.13. The number of amides is 2. The molecule has 0 atom stereocenters. The van der Waals surface area contributed by atoms with Gasteiger partial charge in [-0.25, -0.2) is 0 Å². The van der Waals surface area contributed by atoms with E-state index >= 15 is 0 Å². The van der Waals surface area contributed by atoms with Crippen LogP contribution in [0.5, 0.6) is 0 Å². The van der Waals surface area contributed by atoms with Gasteiger partial charge in [0.2, 0.25) is 11.8 Å². The molecule has 5 aliphatic rings. The van der Waals surface area contributed by atoms with E-state index in [0.29, 0.717) is 0 Å². The molecule has 132 valence electrons. The van der Waals surface area contributed by atoms with Crippen molar-refractivity contribution in [3.63, 3.8) is 0 Å². The molecular formula is C21H26N2O2. The van der Waals surface area contributed by atoms with Crippen LogP contribution in [0.2, 0.25) is 0 Å². The predicted molar refractivity (Wildman–Crippen MR) is 97.3 cm³/mol. The van der Waals surface area contributed by atoms with Crippen LogP contribution in [0.25, 0.3) is 0 Å². The summed E-state index contributed by atoms with van der Waals surface area (Å²) in [4.78, 5) is 25.3. The largest absolute Gasteiger partial charge is 0.326 e. The van der Waals surface area contributed by atoms with Gasteiger partial charge in [0.25, 0.3) is 0 Å². The highest BCUT2D eigenvalue weighted by Crippen LogP contribution is 2.60. The zero-order valence-corrected chi connectivity index (χ0v) is 15.0. The summed E-state index contributed by atoms with van der Waals surface area (Å²) in [5.41, 5.74) is 1.97. The Morgan fingerprint density at radius 3 is 2.28 bits per heavy atom. The van der Waals surface area contributed by atoms with Crippen LogP contribution in [0.3, 0.4) is 0 Å². The molecule has 4 aliphatic carbocycles. The van der Waals surface area contributed by atoms with Gasteiger partial charge in [-0.1, -0.05) is 0 Å². The van der Waals surface area contributed by atoms with Gasteiger partial charge in [0.1, 0.15) is 0 Å². The lowest BCUT2D eigenvalue weighted by atomic mass is 9.49. The maximum atomic E-state index is 13.2. The number of anilines is 2. The molecule has 4 saturated carbocycles. The monoisotopic (exact) mass is 338 g/mol. The van der Waals surface area contributed by atoms with E-state index in [0.717, 1.165) is 54.0 Å². The number of rotatable bonds is 2. The first-order valence-electron chi connectivity index (χ1n) is 9.63. The van der Waals surface area contributed by atoms with E-state index in [9.17, 15) is 9.59 Å². The Morgan fingerprint density at radius 2 is 1.68 bits per heavy atom. The standard InChI is InChI=1S/C21H26N2O2/c1-20(2)16-8-15(3-4-17(16)23-18(20)24)22-19(25)21-9-12-5-13(10-21)7-14(6-12)11-21/h3-4,8,12-14H,5-7,9-11H2,1-2H3,(H,22,25)(H,23,24). The number of benzene rings is 1. The summed E-state index contributed by atoms with van der Waals surface area (Å²) < 4.78 is 0. The molecule has 0 radical (unpaired) electrons. The number of hydrogen-bond donors (Lipinski definition) is 2. The first-order chi connectivity index (χ1) is 11.9. The topological polar surface area (TPSA) is 58.2 Å². The molecule has 0 unspecified atom stereocenters. The summed E-state index contributed by atoms with van der Waals surface area (Å²) in [6, 6.07) is 5.81. The first kappa shape index (κ1) is 15.4. The molecule has 1 heterocycles. The van der Waals surface area contributed by atoms with Crippen molar-refractivity contribution in [1.29, 1.82) is 0 Å². The zero-order valence-electron chi connectivity index (χ0n) is 15.0. The SMILES string of the molecule is CC1(C)C(=O)Nc2ccc(NC(=O)C34CC5CC(CC(C5)C3)C4)cc21. The molecular weight excluding hydrogens is 312 g/mol. The second-order valence-corrected chi connectivity index (χ2v) is 9.49. The van der Waals surface area contributed by atoms with Crippen molar-refractivity contribution in [1.82, 2.24) is 0 Å². The molecule has 2 N–H and O–H groups in total. The second-order valence-electron chi connectivity index (χ2n) is 9.49. The predicted octanol–water partition coefficient (Wildman–Crippen LogP) is 4.07. The molecule has 0 saturated heterocycles. The van der Waals surface area contributed by atoms with Crippen LogP contribution < -0.4 is 10.6 Å². The van der Waals surface area contributed by atoms with Crippen LogP contribution in [0.15, 0.2) is 18.2 Å². The number of fused-ring (bicyclic) bond motifs is 1. The van der Waals surface area contributed by atoms with Crippen molar-refractivity contribution in [2.24, 2.45) is 23.2 Å². The van der Waals surface area contributed by atoms with Crippen molar-refractivity contribution < 1.29 is 9.59 Å². The van der Waals surface area contributed by atoms with Crippen LogP contribution in [-0.2, 0) is 15.0 Å². The van der Waals surface area contributed by atoms with Gasteiger partial charge in [0.05, 0.1) is 10.8 Å². The van der Waals surface area contributed by atoms with Crippen LogP contribution in [0.4, 0.5) is 11.4 Å². The highest BCUT2D eigenvalue weighted by Gasteiger charge is 2.54. The molecule has 4 fully saturated rings. The molecule has 0 spiro atoms. The Morgan fingerprint density at radius 1 is 1.08 bits per heavy atom. The normalized spacial score (nSPS) is 36.9. The van der Waals surface area contributed by atoms with Crippen molar-refractivity contribution >= 4 is 23.2 Å². The fourth-order valence-electron chi connectivity index (χ4n) is 6.30. The lowest BCUT2D eigenvalue weighted by Gasteiger charge is -2.55. The lowest BCUT2D eigenvalue weighted by Crippen LogP contribution is -2.51. The molecule has 4 heteroatoms. The fraction of sp³-hybridized carbons (Fsp3) is 0.619. The van der Waals surface area contributed by atoms with Crippen molar-refractivity contribution in [2.45, 2.75) is 57.8 Å². The van der Waals surface area contributed by atoms with Crippen LogP contribution in [0, 0.1) is 23.2 Å². The molecule has 1 aromatic rings. The third-order valence-corrected chi connectivity index (χ3v) is 7.29. The number of carbonyl (C=O) groups excluding carboxylic acids is 2. The number of nitrogens with one attached hydrogen (secondary N) is 2. The average Bonchev–Trinajstić information content (AvgIpc) is 2.76. The quantitative estimate of drug-likeness (QED) is 0.854. The van der Waals surface area contributed by atoms with Crippen LogP contribution in [-0.4, -0.2) is 11.8 Å². The van der Waals surface area contributed by atoms with E-state index in [1.807, 2.05) is 32.0 Å². The molecule has 0 aromatic heterocycles. The van der Waals surface area contributed by atoms with Gasteiger partial charge >= 0.3 is 0 Å². The molecule has 25 heavy (non-hydrogen) atoms. The van der Waals surface area contributed by atoms with Crippen molar-refractivity contribution in [3.8, 4) is 0 Å². The minimum atomic E-state index is -0.545. The Hall–Kier alpha value is -1.84. The van der Waals surface area contributed by atoms with Gasteiger partial charge < -0.3 is 10.6 Å². The minimum Gasteiger partial charge on any atom is -0.326 e. The Labute approximate surface area is 148 Å². The molecule has 6 rings (SSSR count). The third kappa shape index (κ3) is 2.19. The van der Waals surface area contributed by atoms with Gasteiger partial charge in [-0.15, -0.1) is 0 Å². The Bertz CT molecular complexity index is 745. The third-order valence-electron chi connectivity index (χ3n) is 7.29. The minimum absolute atomic E-state index is 0.0204. The summed E-state index contributed by atoms with van der Waals surface area (Å²) >= 11 is 0. The van der Waals surface area contributed by atoms with E-state index in [-0.39, 0.29) is 17.2 Å². The molecule has 4 bridgehead atoms.